The molecular weight excluding hydrogens is 384 g/mol. The van der Waals surface area contributed by atoms with Gasteiger partial charge in [0.25, 0.3) is 5.91 Å². The fourth-order valence-electron chi connectivity index (χ4n) is 3.79. The number of carbonyl (C=O) groups is 1. The number of rotatable bonds is 2. The average molecular weight is 403 g/mol. The van der Waals surface area contributed by atoms with E-state index in [0.717, 1.165) is 41.2 Å². The van der Waals surface area contributed by atoms with Gasteiger partial charge in [-0.2, -0.15) is 5.10 Å². The number of benzene rings is 2. The highest BCUT2D eigenvalue weighted by atomic mass is 35.5. The first-order chi connectivity index (χ1) is 14.1. The van der Waals surface area contributed by atoms with Crippen LogP contribution in [0.4, 0.5) is 5.69 Å². The summed E-state index contributed by atoms with van der Waals surface area (Å²) in [5.74, 6) is -0.142. The summed E-state index contributed by atoms with van der Waals surface area (Å²) in [7, 11) is 1.87. The highest BCUT2D eigenvalue weighted by Crippen LogP contribution is 2.34. The third-order valence-corrected chi connectivity index (χ3v) is 5.59. The van der Waals surface area contributed by atoms with Crippen LogP contribution in [0.1, 0.15) is 22.3 Å². The number of amides is 1. The minimum atomic E-state index is -0.142. The molecule has 5 rings (SSSR count). The molecule has 0 atom stereocenters. The third kappa shape index (κ3) is 3.13. The van der Waals surface area contributed by atoms with Crippen molar-refractivity contribution in [3.05, 3.63) is 95.1 Å². The largest absolute Gasteiger partial charge is 0.346 e. The molecule has 3 aromatic rings. The van der Waals surface area contributed by atoms with Crippen LogP contribution in [0.5, 0.6) is 0 Å². The van der Waals surface area contributed by atoms with Gasteiger partial charge in [-0.25, -0.2) is 0 Å². The number of nitrogens with zero attached hydrogens (tertiary/aromatic N) is 4. The molecule has 1 amide bonds. The Morgan fingerprint density at radius 3 is 2.79 bits per heavy atom. The minimum absolute atomic E-state index is 0.142. The van der Waals surface area contributed by atoms with Gasteiger partial charge >= 0.3 is 0 Å². The highest BCUT2D eigenvalue weighted by molar-refractivity contribution is 6.35. The number of allylic oxidation sites excluding steroid dienone is 1. The molecule has 0 aliphatic carbocycles. The minimum Gasteiger partial charge on any atom is -0.346 e. The lowest BCUT2D eigenvalue weighted by Crippen LogP contribution is -2.26. The monoisotopic (exact) mass is 402 g/mol. The Kier molecular flexibility index (Phi) is 4.25. The molecule has 29 heavy (non-hydrogen) atoms. The second-order valence-corrected chi connectivity index (χ2v) is 7.62. The van der Waals surface area contributed by atoms with Crippen LogP contribution >= 0.6 is 11.6 Å². The lowest BCUT2D eigenvalue weighted by molar-refractivity contribution is 0.0997. The summed E-state index contributed by atoms with van der Waals surface area (Å²) in [5, 5.41) is 4.82. The van der Waals surface area contributed by atoms with E-state index < -0.39 is 0 Å². The highest BCUT2D eigenvalue weighted by Gasteiger charge is 2.27. The van der Waals surface area contributed by atoms with Crippen LogP contribution in [-0.2, 0) is 13.6 Å². The Bertz CT molecular complexity index is 1180. The van der Waals surface area contributed by atoms with Crippen molar-refractivity contribution >= 4 is 23.2 Å². The fourth-order valence-corrected chi connectivity index (χ4v) is 4.05. The Labute approximate surface area is 174 Å². The molecule has 2 aliphatic rings. The molecule has 0 spiro atoms. The summed E-state index contributed by atoms with van der Waals surface area (Å²) in [6.45, 7) is 0.745. The van der Waals surface area contributed by atoms with Gasteiger partial charge in [0.2, 0.25) is 0 Å². The smallest absolute Gasteiger partial charge is 0.263 e. The number of aryl methyl sites for hydroxylation is 1. The van der Waals surface area contributed by atoms with Crippen LogP contribution in [0, 0.1) is 0 Å². The van der Waals surface area contributed by atoms with Gasteiger partial charge in [0.15, 0.2) is 0 Å². The normalized spacial score (nSPS) is 15.0. The first kappa shape index (κ1) is 17.8. The van der Waals surface area contributed by atoms with E-state index in [2.05, 4.69) is 28.3 Å². The van der Waals surface area contributed by atoms with Gasteiger partial charge in [-0.3, -0.25) is 14.4 Å². The quantitative estimate of drug-likeness (QED) is 0.608. The van der Waals surface area contributed by atoms with Crippen molar-refractivity contribution in [2.45, 2.75) is 13.0 Å². The molecule has 0 radical (unpaired) electrons. The van der Waals surface area contributed by atoms with Gasteiger partial charge in [-0.15, -0.1) is 0 Å². The number of aromatic nitrogens is 2. The van der Waals surface area contributed by atoms with Crippen molar-refractivity contribution in [1.29, 1.82) is 0 Å². The molecule has 1 aromatic heterocycles. The van der Waals surface area contributed by atoms with Crippen molar-refractivity contribution in [3.63, 3.8) is 0 Å². The molecule has 0 N–H and O–H groups in total. The summed E-state index contributed by atoms with van der Waals surface area (Å²) in [6, 6.07) is 15.4. The molecule has 6 heteroatoms. The van der Waals surface area contributed by atoms with Crippen molar-refractivity contribution in [3.8, 4) is 11.3 Å². The topological polar surface area (TPSA) is 41.4 Å². The second kappa shape index (κ2) is 6.94. The molecule has 0 bridgehead atoms. The van der Waals surface area contributed by atoms with E-state index in [0.29, 0.717) is 10.6 Å². The van der Waals surface area contributed by atoms with E-state index in [4.69, 9.17) is 11.6 Å². The number of hydrogen-bond acceptors (Lipinski definition) is 3. The van der Waals surface area contributed by atoms with Gasteiger partial charge in [-0.05, 0) is 29.8 Å². The maximum atomic E-state index is 13.5. The third-order valence-electron chi connectivity index (χ3n) is 5.28. The Balaban J connectivity index is 1.55. The van der Waals surface area contributed by atoms with Gasteiger partial charge in [0.05, 0.1) is 22.0 Å². The van der Waals surface area contributed by atoms with E-state index in [1.165, 1.54) is 0 Å². The number of fused-ring (bicyclic) bond motifs is 2. The number of anilines is 1. The van der Waals surface area contributed by atoms with Crippen molar-refractivity contribution in [2.75, 3.05) is 4.90 Å². The lowest BCUT2D eigenvalue weighted by Gasteiger charge is -2.21. The predicted octanol–water partition coefficient (Wildman–Crippen LogP) is 4.96. The Morgan fingerprint density at radius 2 is 2.00 bits per heavy atom. The SMILES string of the molecule is Cn1ccc(-c2ccc(C(=O)N3C=C4CC=CN4Cc4ccccc43)c(Cl)c2)n1. The zero-order chi connectivity index (χ0) is 20.0. The summed E-state index contributed by atoms with van der Waals surface area (Å²) >= 11 is 6.55. The van der Waals surface area contributed by atoms with Gasteiger partial charge in [0.1, 0.15) is 0 Å². The van der Waals surface area contributed by atoms with E-state index in [1.807, 2.05) is 49.8 Å². The fraction of sp³-hybridized carbons (Fsp3) is 0.130. The molecule has 0 saturated heterocycles. The molecule has 0 unspecified atom stereocenters. The Morgan fingerprint density at radius 1 is 1.14 bits per heavy atom. The van der Waals surface area contributed by atoms with E-state index >= 15 is 0 Å². The molecule has 2 aliphatic heterocycles. The van der Waals surface area contributed by atoms with Crippen LogP contribution in [0.25, 0.3) is 11.3 Å². The molecular formula is C23H19ClN4O. The van der Waals surface area contributed by atoms with Gasteiger partial charge in [0, 0.05) is 49.9 Å². The van der Waals surface area contributed by atoms with Crippen LogP contribution < -0.4 is 4.90 Å². The maximum Gasteiger partial charge on any atom is 0.263 e. The van der Waals surface area contributed by atoms with Gasteiger partial charge < -0.3 is 4.90 Å². The molecule has 0 saturated carbocycles. The number of hydrogen-bond donors (Lipinski definition) is 0. The average Bonchev–Trinajstić information content (AvgIpc) is 3.32. The first-order valence-electron chi connectivity index (χ1n) is 9.45. The number of carbonyl (C=O) groups excluding carboxylic acids is 1. The lowest BCUT2D eigenvalue weighted by atomic mass is 10.1. The van der Waals surface area contributed by atoms with Crippen molar-refractivity contribution in [2.24, 2.45) is 7.05 Å². The zero-order valence-electron chi connectivity index (χ0n) is 15.9. The van der Waals surface area contributed by atoms with E-state index in [1.54, 1.807) is 21.7 Å². The molecule has 144 valence electrons. The number of halogens is 1. The zero-order valence-corrected chi connectivity index (χ0v) is 16.7. The van der Waals surface area contributed by atoms with Crippen LogP contribution in [0.3, 0.4) is 0 Å². The summed E-state index contributed by atoms with van der Waals surface area (Å²) in [4.78, 5) is 17.4. The standard InChI is InChI=1S/C23H19ClN4O/c1-26-12-10-21(25-26)16-8-9-19(20(24)13-16)23(29)28-15-18-6-4-11-27(18)14-17-5-2-3-7-22(17)28/h2-5,7-13,15H,6,14H2,1H3. The second-order valence-electron chi connectivity index (χ2n) is 7.21. The summed E-state index contributed by atoms with van der Waals surface area (Å²) < 4.78 is 1.74. The van der Waals surface area contributed by atoms with Crippen molar-refractivity contribution < 1.29 is 4.79 Å². The molecule has 3 heterocycles. The van der Waals surface area contributed by atoms with E-state index in [9.17, 15) is 4.79 Å². The van der Waals surface area contributed by atoms with Crippen LogP contribution in [-0.4, -0.2) is 20.6 Å². The molecule has 2 aromatic carbocycles. The number of para-hydroxylation sites is 1. The van der Waals surface area contributed by atoms with Crippen LogP contribution in [0.15, 0.2) is 78.9 Å². The van der Waals surface area contributed by atoms with Crippen molar-refractivity contribution in [1.82, 2.24) is 14.7 Å². The molecule has 5 nitrogen and oxygen atoms in total. The maximum absolute atomic E-state index is 13.5. The molecule has 0 fully saturated rings. The van der Waals surface area contributed by atoms with E-state index in [-0.39, 0.29) is 5.91 Å². The van der Waals surface area contributed by atoms with Crippen LogP contribution in [0.2, 0.25) is 5.02 Å². The predicted molar refractivity (Wildman–Crippen MR) is 114 cm³/mol. The summed E-state index contributed by atoms with van der Waals surface area (Å²) in [5.41, 5.74) is 5.25. The first-order valence-corrected chi connectivity index (χ1v) is 9.83. The van der Waals surface area contributed by atoms with Gasteiger partial charge in [-0.1, -0.05) is 41.9 Å². The Hall–Kier alpha value is -3.31. The summed E-state index contributed by atoms with van der Waals surface area (Å²) in [6.07, 6.45) is 8.80.